The molecule has 27 heteroatoms. The van der Waals surface area contributed by atoms with Crippen molar-refractivity contribution >= 4 is 133 Å². The summed E-state index contributed by atoms with van der Waals surface area (Å²) in [6, 6.07) is 25.4. The van der Waals surface area contributed by atoms with E-state index in [1.807, 2.05) is 68.5 Å². The molecule has 0 aliphatic carbocycles. The predicted octanol–water partition coefficient (Wildman–Crippen LogP) is 12.8. The van der Waals surface area contributed by atoms with E-state index in [1.165, 1.54) is 41.4 Å². The number of methoxy groups -OCH3 is 3. The number of carbonyl (C=O) groups is 2. The quantitative estimate of drug-likeness (QED) is 0.0370. The maximum absolute atomic E-state index is 13.5. The number of benzene rings is 6. The van der Waals surface area contributed by atoms with Crippen molar-refractivity contribution in [3.05, 3.63) is 126 Å². The topological polar surface area (TPSA) is 236 Å². The molecule has 0 spiro atoms. The summed E-state index contributed by atoms with van der Waals surface area (Å²) in [7, 11) is 10.6. The van der Waals surface area contributed by atoms with Crippen LogP contribution in [0.1, 0.15) is 11.1 Å². The van der Waals surface area contributed by atoms with Crippen molar-refractivity contribution in [3.63, 3.8) is 0 Å². The fraction of sp³-hybridized carbons (Fsp3) is 0.228. The molecule has 10 rings (SSSR count). The van der Waals surface area contributed by atoms with Gasteiger partial charge in [0.15, 0.2) is 33.3 Å². The molecule has 4 heterocycles. The van der Waals surface area contributed by atoms with Crippen LogP contribution >= 0.6 is 34.3 Å². The van der Waals surface area contributed by atoms with Crippen LogP contribution in [0.15, 0.2) is 110 Å². The molecule has 84 heavy (non-hydrogen) atoms. The first-order valence-corrected chi connectivity index (χ1v) is 27.8. The molecule has 0 aliphatic heterocycles. The number of hydrogen-bond donors (Lipinski definition) is 6. The van der Waals surface area contributed by atoms with E-state index >= 15 is 0 Å². The van der Waals surface area contributed by atoms with Gasteiger partial charge in [0, 0.05) is 59.6 Å². The van der Waals surface area contributed by atoms with E-state index in [2.05, 4.69) is 61.7 Å². The third-order valence-corrected chi connectivity index (χ3v) is 15.1. The molecule has 0 aliphatic rings. The van der Waals surface area contributed by atoms with Crippen LogP contribution in [0.4, 0.5) is 67.4 Å². The van der Waals surface area contributed by atoms with Crippen molar-refractivity contribution in [2.75, 3.05) is 107 Å². The normalized spacial score (nSPS) is 11.6. The van der Waals surface area contributed by atoms with E-state index in [4.69, 9.17) is 40.3 Å². The molecule has 0 saturated carbocycles. The highest BCUT2D eigenvalue weighted by Gasteiger charge is 2.33. The second kappa shape index (κ2) is 25.6. The summed E-state index contributed by atoms with van der Waals surface area (Å²) in [5, 5.41) is 19.6. The number of alkyl halides is 3. The number of anilines is 8. The van der Waals surface area contributed by atoms with Gasteiger partial charge in [-0.25, -0.2) is 39.5 Å². The van der Waals surface area contributed by atoms with Gasteiger partial charge in [-0.05, 0) is 112 Å². The maximum atomic E-state index is 13.5. The van der Waals surface area contributed by atoms with Gasteiger partial charge in [-0.15, -0.1) is 0 Å². The summed E-state index contributed by atoms with van der Waals surface area (Å²) in [5.74, 6) is 3.63. The van der Waals surface area contributed by atoms with Crippen LogP contribution in [-0.2, 0) is 12.6 Å². The van der Waals surface area contributed by atoms with E-state index in [1.54, 1.807) is 57.7 Å². The molecular weight excluding hydrogens is 1150 g/mol. The summed E-state index contributed by atoms with van der Waals surface area (Å²) < 4.78 is 70.9. The Hall–Kier alpha value is -9.08. The molecule has 4 aromatic heterocycles. The summed E-state index contributed by atoms with van der Waals surface area (Å²) in [4.78, 5) is 57.7. The monoisotopic (exact) mass is 1200 g/mol. The molecule has 434 valence electrons. The largest absolute Gasteiger partial charge is 0.495 e. The van der Waals surface area contributed by atoms with E-state index in [-0.39, 0.29) is 5.69 Å². The fourth-order valence-corrected chi connectivity index (χ4v) is 10.7. The van der Waals surface area contributed by atoms with E-state index in [9.17, 15) is 22.8 Å². The van der Waals surface area contributed by atoms with Crippen molar-refractivity contribution in [1.82, 2.24) is 39.7 Å². The number of fused-ring (bicyclic) bond motifs is 4. The summed E-state index contributed by atoms with van der Waals surface area (Å²) in [6.45, 7) is 2.82. The van der Waals surface area contributed by atoms with Gasteiger partial charge < -0.3 is 65.4 Å². The highest BCUT2D eigenvalue weighted by Crippen LogP contribution is 2.40. The van der Waals surface area contributed by atoms with Gasteiger partial charge in [0.2, 0.25) is 0 Å². The van der Waals surface area contributed by atoms with E-state index in [0.29, 0.717) is 127 Å². The highest BCUT2D eigenvalue weighted by molar-refractivity contribution is 7.22. The van der Waals surface area contributed by atoms with Gasteiger partial charge in [0.1, 0.15) is 43.3 Å². The minimum Gasteiger partial charge on any atom is -0.495 e. The number of nitrogens with one attached hydrogen (secondary N) is 6. The number of urea groups is 2. The summed E-state index contributed by atoms with van der Waals surface area (Å²) in [6.07, 6.45) is -1.11. The Morgan fingerprint density at radius 2 is 1.07 bits per heavy atom. The number of carbonyl (C=O) groups excluding carboxylic acids is 2. The minimum absolute atomic E-state index is 0.0775. The number of aromatic nitrogens is 6. The van der Waals surface area contributed by atoms with Crippen LogP contribution < -0.4 is 55.6 Å². The Kier molecular flexibility index (Phi) is 17.7. The van der Waals surface area contributed by atoms with Crippen LogP contribution in [0.25, 0.3) is 42.2 Å². The Labute approximate surface area is 491 Å². The van der Waals surface area contributed by atoms with Crippen LogP contribution in [-0.4, -0.2) is 127 Å². The lowest BCUT2D eigenvalue weighted by Gasteiger charge is -2.19. The molecule has 0 bridgehead atoms. The van der Waals surface area contributed by atoms with Gasteiger partial charge in [-0.2, -0.15) is 13.2 Å². The SMILES string of the molecule is COc1ccc(CCN(C)CCOc2cc3ncnc(Nc4nc5ccc(NC(=O)Nc6ccc(Cl)c(C(F)(F)F)c6)cc5s4)c3cc2OC)cc1NC(=O)Nc1ccc2nc(Nc3ncnc4cc(OCCN(C)C)c(OC)cc34)sc2c1. The number of nitrogens with zero attached hydrogens (tertiary/aromatic N) is 8. The molecule has 0 atom stereocenters. The summed E-state index contributed by atoms with van der Waals surface area (Å²) >= 11 is 8.43. The Morgan fingerprint density at radius 1 is 0.560 bits per heavy atom. The molecule has 10 aromatic rings. The van der Waals surface area contributed by atoms with Crippen molar-refractivity contribution in [1.29, 1.82) is 0 Å². The second-order valence-electron chi connectivity index (χ2n) is 19.1. The van der Waals surface area contributed by atoms with Crippen LogP contribution in [0.2, 0.25) is 5.02 Å². The molecule has 0 radical (unpaired) electrons. The Balaban J connectivity index is 0.711. The summed E-state index contributed by atoms with van der Waals surface area (Å²) in [5.41, 5.74) is 3.95. The van der Waals surface area contributed by atoms with Crippen LogP contribution in [0.3, 0.4) is 0 Å². The van der Waals surface area contributed by atoms with E-state index < -0.39 is 28.8 Å². The van der Waals surface area contributed by atoms with Crippen molar-refractivity contribution < 1.29 is 46.4 Å². The number of ether oxygens (including phenoxy) is 5. The molecule has 21 nitrogen and oxygen atoms in total. The molecule has 4 amide bonds. The van der Waals surface area contributed by atoms with E-state index in [0.717, 1.165) is 39.8 Å². The number of hydrogen-bond acceptors (Lipinski definition) is 19. The lowest BCUT2D eigenvalue weighted by Crippen LogP contribution is -2.26. The fourth-order valence-electron chi connectivity index (χ4n) is 8.67. The Morgan fingerprint density at radius 3 is 1.60 bits per heavy atom. The predicted molar refractivity (Wildman–Crippen MR) is 323 cm³/mol. The van der Waals surface area contributed by atoms with Gasteiger partial charge >= 0.3 is 18.2 Å². The zero-order valence-corrected chi connectivity index (χ0v) is 48.3. The number of likely N-dealkylation sites (N-methyl/N-ethyl adjacent to an activating group) is 2. The first-order valence-electron chi connectivity index (χ1n) is 25.8. The van der Waals surface area contributed by atoms with Gasteiger partial charge in [-0.1, -0.05) is 40.3 Å². The molecule has 0 unspecified atom stereocenters. The number of halogens is 4. The second-order valence-corrected chi connectivity index (χ2v) is 21.5. The van der Waals surface area contributed by atoms with Gasteiger partial charge in [0.25, 0.3) is 0 Å². The number of rotatable bonds is 22. The average Bonchev–Trinajstić information content (AvgIpc) is 3.66. The molecular formula is C57H54ClF3N14O7S2. The van der Waals surface area contributed by atoms with Gasteiger partial charge in [-0.3, -0.25) is 0 Å². The third-order valence-electron chi connectivity index (χ3n) is 12.9. The van der Waals surface area contributed by atoms with Crippen molar-refractivity contribution in [3.8, 4) is 28.7 Å². The molecule has 6 N–H and O–H groups in total. The minimum atomic E-state index is -4.69. The number of amides is 4. The first kappa shape index (κ1) is 58.1. The smallest absolute Gasteiger partial charge is 0.417 e. The molecule has 0 saturated heterocycles. The maximum Gasteiger partial charge on any atom is 0.417 e. The first-order chi connectivity index (χ1) is 40.5. The van der Waals surface area contributed by atoms with Gasteiger partial charge in [0.05, 0.1) is 69.1 Å². The van der Waals surface area contributed by atoms with Crippen LogP contribution in [0, 0.1) is 0 Å². The average molecular weight is 1200 g/mol. The van der Waals surface area contributed by atoms with Crippen molar-refractivity contribution in [2.24, 2.45) is 0 Å². The lowest BCUT2D eigenvalue weighted by atomic mass is 10.1. The lowest BCUT2D eigenvalue weighted by molar-refractivity contribution is -0.137. The van der Waals surface area contributed by atoms with Crippen molar-refractivity contribution in [2.45, 2.75) is 12.6 Å². The van der Waals surface area contributed by atoms with Crippen LogP contribution in [0.5, 0.6) is 28.7 Å². The standard InChI is InChI=1S/C57H54ClF3N14O7S2/c1-74(2)17-19-81-47-27-41-35(25-45(47)79-5)51(64-29-62-41)72-56-71-40-13-10-34(24-50(40)84-56)68-54(77)69-43-21-31(7-14-44(43)78-4)15-16-75(3)18-20-82-48-28-42-36(26-46(48)80-6)52(65-30-63-42)73-55-70-39-12-9-33(23-49(39)83-55)67-53(76)66-32-8-11-38(58)37(22-32)57(59,60)61/h7-14,21-30H,15-20H2,1-6H3,(H2,66,67,76)(H2,68,69,77)(H,62,64,71,72)(H,63,65,70,73). The third kappa shape index (κ3) is 14.0. The zero-order valence-electron chi connectivity index (χ0n) is 45.9. The zero-order chi connectivity index (χ0) is 59.1. The molecule has 6 aromatic carbocycles. The molecule has 0 fully saturated rings. The Bertz CT molecular complexity index is 4060. The highest BCUT2D eigenvalue weighted by atomic mass is 35.5. The number of thiazole rings is 2.